The molecule has 1 aliphatic rings. The predicted octanol–water partition coefficient (Wildman–Crippen LogP) is 8.75. The van der Waals surface area contributed by atoms with E-state index in [0.717, 1.165) is 11.6 Å². The number of hydrogen-bond acceptors (Lipinski definition) is 2. The van der Waals surface area contributed by atoms with Crippen LogP contribution < -0.4 is 5.32 Å². The molecule has 5 rings (SSSR count). The Kier molecular flexibility index (Phi) is 7.58. The average Bonchev–Trinajstić information content (AvgIpc) is 3.44. The molecule has 1 atom stereocenters. The van der Waals surface area contributed by atoms with Crippen molar-refractivity contribution in [2.45, 2.75) is 64.3 Å². The molecule has 196 valence electrons. The van der Waals surface area contributed by atoms with Crippen molar-refractivity contribution >= 4 is 11.8 Å². The minimum absolute atomic E-state index is 0.0353. The summed E-state index contributed by atoms with van der Waals surface area (Å²) < 4.78 is 0. The first-order chi connectivity index (χ1) is 18.2. The Morgan fingerprint density at radius 2 is 0.921 bits per heavy atom. The van der Waals surface area contributed by atoms with Gasteiger partial charge in [-0.15, -0.1) is 11.8 Å². The molecule has 1 fully saturated rings. The Balaban J connectivity index is 1.44. The van der Waals surface area contributed by atoms with Gasteiger partial charge in [-0.1, -0.05) is 136 Å². The Morgan fingerprint density at radius 3 is 1.24 bits per heavy atom. The van der Waals surface area contributed by atoms with Crippen molar-refractivity contribution in [2.75, 3.05) is 11.6 Å². The fraction of sp³-hybridized carbons (Fsp3) is 0.333. The van der Waals surface area contributed by atoms with E-state index in [1.54, 1.807) is 0 Å². The fourth-order valence-electron chi connectivity index (χ4n) is 5.77. The highest BCUT2D eigenvalue weighted by atomic mass is 32.2. The summed E-state index contributed by atoms with van der Waals surface area (Å²) in [6.07, 6.45) is 0. The van der Waals surface area contributed by atoms with Crippen molar-refractivity contribution in [3.63, 3.8) is 0 Å². The second kappa shape index (κ2) is 10.8. The van der Waals surface area contributed by atoms with Gasteiger partial charge in [0.05, 0.1) is 0 Å². The summed E-state index contributed by atoms with van der Waals surface area (Å²) in [5.41, 5.74) is 10.7. The quantitative estimate of drug-likeness (QED) is 0.262. The maximum absolute atomic E-state index is 3.77. The van der Waals surface area contributed by atoms with Gasteiger partial charge in [-0.25, -0.2) is 0 Å². The third kappa shape index (κ3) is 5.35. The van der Waals surface area contributed by atoms with Crippen molar-refractivity contribution in [3.05, 3.63) is 142 Å². The zero-order valence-electron chi connectivity index (χ0n) is 23.7. The molecule has 0 aliphatic carbocycles. The molecular weight excluding hydrogens is 478 g/mol. The van der Waals surface area contributed by atoms with Gasteiger partial charge in [0, 0.05) is 34.4 Å². The van der Waals surface area contributed by atoms with Crippen molar-refractivity contribution in [1.82, 2.24) is 5.32 Å². The van der Waals surface area contributed by atoms with Gasteiger partial charge in [-0.2, -0.15) is 0 Å². The van der Waals surface area contributed by atoms with Crippen LogP contribution in [-0.4, -0.2) is 17.7 Å². The molecule has 0 bridgehead atoms. The van der Waals surface area contributed by atoms with E-state index in [4.69, 9.17) is 0 Å². The molecule has 0 spiro atoms. The van der Waals surface area contributed by atoms with Gasteiger partial charge < -0.3 is 5.32 Å². The maximum Gasteiger partial charge on any atom is 0.0421 e. The molecule has 4 aromatic carbocycles. The Labute approximate surface area is 234 Å². The second-order valence-electron chi connectivity index (χ2n) is 12.0. The first kappa shape index (κ1) is 26.8. The molecule has 0 amide bonds. The smallest absolute Gasteiger partial charge is 0.0421 e. The molecule has 4 aromatic rings. The molecule has 1 nitrogen and oxygen atoms in total. The molecule has 0 saturated carbocycles. The number of nitrogens with one attached hydrogen (secondary N) is 1. The molecule has 1 saturated heterocycles. The minimum Gasteiger partial charge on any atom is -0.303 e. The number of benzene rings is 4. The van der Waals surface area contributed by atoms with Gasteiger partial charge >= 0.3 is 0 Å². The van der Waals surface area contributed by atoms with Crippen LogP contribution in [0, 0.1) is 13.8 Å². The van der Waals surface area contributed by atoms with E-state index in [2.05, 4.69) is 144 Å². The number of rotatable bonds is 7. The first-order valence-electron chi connectivity index (χ1n) is 13.8. The van der Waals surface area contributed by atoms with Crippen molar-refractivity contribution < 1.29 is 0 Å². The zero-order valence-corrected chi connectivity index (χ0v) is 24.5. The molecule has 0 aromatic heterocycles. The standard InChI is InChI=1S/C36H41NS/c1-25-7-15-29(16-8-25)35(3,4)31-19-11-27(12-20-31)34(33-23-38-24-37-33)28-13-21-32(22-14-28)36(5,6)30-17-9-26(2)10-18-30/h7-22,33-34,37H,23-24H2,1-6H3. The molecule has 38 heavy (non-hydrogen) atoms. The van der Waals surface area contributed by atoms with E-state index in [9.17, 15) is 0 Å². The van der Waals surface area contributed by atoms with Crippen LogP contribution in [0.2, 0.25) is 0 Å². The number of hydrogen-bond donors (Lipinski definition) is 1. The van der Waals surface area contributed by atoms with Crippen LogP contribution in [0.3, 0.4) is 0 Å². The van der Waals surface area contributed by atoms with Gasteiger partial charge in [0.2, 0.25) is 0 Å². The lowest BCUT2D eigenvalue weighted by molar-refractivity contribution is 0.563. The molecule has 1 aliphatic heterocycles. The van der Waals surface area contributed by atoms with E-state index in [0.29, 0.717) is 12.0 Å². The van der Waals surface area contributed by atoms with Crippen LogP contribution in [0.25, 0.3) is 0 Å². The normalized spacial score (nSPS) is 16.2. The van der Waals surface area contributed by atoms with Crippen LogP contribution in [0.4, 0.5) is 0 Å². The lowest BCUT2D eigenvalue weighted by Gasteiger charge is -2.29. The highest BCUT2D eigenvalue weighted by molar-refractivity contribution is 7.99. The molecular formula is C36H41NS. The average molecular weight is 520 g/mol. The number of thioether (sulfide) groups is 1. The SMILES string of the molecule is Cc1ccc(C(C)(C)c2ccc(C(c3ccc(C(C)(C)c4ccc(C)cc4)cc3)C3CSCN3)cc2)cc1. The molecule has 1 N–H and O–H groups in total. The van der Waals surface area contributed by atoms with Crippen LogP contribution in [0.15, 0.2) is 97.1 Å². The first-order valence-corrected chi connectivity index (χ1v) is 15.0. The lowest BCUT2D eigenvalue weighted by Crippen LogP contribution is -2.32. The highest BCUT2D eigenvalue weighted by Crippen LogP contribution is 2.38. The monoisotopic (exact) mass is 519 g/mol. The van der Waals surface area contributed by atoms with Gasteiger partial charge in [-0.3, -0.25) is 0 Å². The lowest BCUT2D eigenvalue weighted by atomic mass is 9.76. The highest BCUT2D eigenvalue weighted by Gasteiger charge is 2.30. The van der Waals surface area contributed by atoms with E-state index in [-0.39, 0.29) is 10.8 Å². The molecule has 1 unspecified atom stereocenters. The van der Waals surface area contributed by atoms with Gasteiger partial charge in [0.1, 0.15) is 0 Å². The molecule has 1 heterocycles. The summed E-state index contributed by atoms with van der Waals surface area (Å²) >= 11 is 2.00. The van der Waals surface area contributed by atoms with E-state index >= 15 is 0 Å². The second-order valence-corrected chi connectivity index (χ2v) is 13.1. The zero-order chi connectivity index (χ0) is 26.9. The summed E-state index contributed by atoms with van der Waals surface area (Å²) in [5, 5.41) is 3.77. The Bertz CT molecular complexity index is 1240. The van der Waals surface area contributed by atoms with Crippen LogP contribution in [0.1, 0.15) is 78.1 Å². The van der Waals surface area contributed by atoms with E-state index in [1.807, 2.05) is 11.8 Å². The van der Waals surface area contributed by atoms with Crippen molar-refractivity contribution in [1.29, 1.82) is 0 Å². The third-order valence-corrected chi connectivity index (χ3v) is 9.64. The fourth-order valence-corrected chi connectivity index (χ4v) is 6.78. The molecule has 0 radical (unpaired) electrons. The predicted molar refractivity (Wildman–Crippen MR) is 166 cm³/mol. The Morgan fingerprint density at radius 1 is 0.579 bits per heavy atom. The number of aryl methyl sites for hydroxylation is 2. The van der Waals surface area contributed by atoms with Gasteiger partial charge in [0.15, 0.2) is 0 Å². The van der Waals surface area contributed by atoms with E-state index < -0.39 is 0 Å². The van der Waals surface area contributed by atoms with Crippen molar-refractivity contribution in [2.24, 2.45) is 0 Å². The summed E-state index contributed by atoms with van der Waals surface area (Å²) in [4.78, 5) is 0. The topological polar surface area (TPSA) is 12.0 Å². The van der Waals surface area contributed by atoms with Crippen LogP contribution >= 0.6 is 11.8 Å². The summed E-state index contributed by atoms with van der Waals surface area (Å²) in [6.45, 7) is 13.6. The summed E-state index contributed by atoms with van der Waals surface area (Å²) in [7, 11) is 0. The van der Waals surface area contributed by atoms with Gasteiger partial charge in [-0.05, 0) is 47.2 Å². The Hall–Kier alpha value is -2.81. The van der Waals surface area contributed by atoms with Crippen molar-refractivity contribution in [3.8, 4) is 0 Å². The van der Waals surface area contributed by atoms with Crippen LogP contribution in [0.5, 0.6) is 0 Å². The minimum atomic E-state index is -0.0353. The third-order valence-electron chi connectivity index (χ3n) is 8.68. The largest absolute Gasteiger partial charge is 0.303 e. The van der Waals surface area contributed by atoms with E-state index in [1.165, 1.54) is 44.5 Å². The van der Waals surface area contributed by atoms with Crippen LogP contribution in [-0.2, 0) is 10.8 Å². The maximum atomic E-state index is 3.77. The summed E-state index contributed by atoms with van der Waals surface area (Å²) in [5.74, 6) is 2.49. The molecule has 2 heteroatoms. The van der Waals surface area contributed by atoms with Gasteiger partial charge in [0.25, 0.3) is 0 Å². The summed E-state index contributed by atoms with van der Waals surface area (Å²) in [6, 6.07) is 37.2.